The molecule has 1 fully saturated rings. The maximum Gasteiger partial charge on any atom is 0.283 e. The van der Waals surface area contributed by atoms with Gasteiger partial charge in [-0.3, -0.25) is 4.90 Å². The lowest BCUT2D eigenvalue weighted by molar-refractivity contribution is -0.0870. The van der Waals surface area contributed by atoms with Crippen molar-refractivity contribution >= 4 is 10.9 Å². The van der Waals surface area contributed by atoms with Crippen LogP contribution in [0.2, 0.25) is 0 Å². The summed E-state index contributed by atoms with van der Waals surface area (Å²) in [6.45, 7) is 5.06. The SMILES string of the molecule is CCCCN1CC([C@](C)(O)c2cc(F)c([C@@H]3c4[nH]c5ccc(F)cc5c4C[C@@H](C)N3CC(F)(F)CO)c(F)c2)C1. The summed E-state index contributed by atoms with van der Waals surface area (Å²) in [5.74, 6) is -6.15. The third-order valence-corrected chi connectivity index (χ3v) is 8.73. The second kappa shape index (κ2) is 10.7. The summed E-state index contributed by atoms with van der Waals surface area (Å²) < 4.78 is 75.1. The highest BCUT2D eigenvalue weighted by atomic mass is 19.3. The molecule has 10 heteroatoms. The number of halogens is 5. The van der Waals surface area contributed by atoms with Crippen LogP contribution in [0.1, 0.15) is 62.0 Å². The number of H-pyrrole nitrogens is 1. The number of hydrogen-bond donors (Lipinski definition) is 3. The van der Waals surface area contributed by atoms with Crippen LogP contribution in [0.3, 0.4) is 0 Å². The summed E-state index contributed by atoms with van der Waals surface area (Å²) >= 11 is 0. The lowest BCUT2D eigenvalue weighted by Gasteiger charge is -2.47. The Hall–Kier alpha value is -2.53. The standard InChI is InChI=1S/C30H36F5N3O2/c1-4-5-8-37-13-19(14-37)29(3,40)18-10-23(32)26(24(33)11-18)28-27-22(21-12-20(31)6-7-25(21)36-27)9-17(2)38(28)15-30(34,35)16-39/h6-7,10-12,17,19,28,36,39-40H,4-5,8-9,13-16H2,1-3H3/t17-,28-,29-/m1/s1. The van der Waals surface area contributed by atoms with E-state index in [0.29, 0.717) is 35.2 Å². The van der Waals surface area contributed by atoms with Gasteiger partial charge in [0.15, 0.2) is 0 Å². The zero-order valence-electron chi connectivity index (χ0n) is 23.0. The minimum Gasteiger partial charge on any atom is -0.390 e. The Morgan fingerprint density at radius 2 is 1.75 bits per heavy atom. The van der Waals surface area contributed by atoms with Gasteiger partial charge >= 0.3 is 0 Å². The van der Waals surface area contributed by atoms with E-state index in [0.717, 1.165) is 31.5 Å². The second-order valence-corrected chi connectivity index (χ2v) is 11.7. The maximum absolute atomic E-state index is 16.0. The van der Waals surface area contributed by atoms with Gasteiger partial charge in [-0.05, 0) is 74.7 Å². The number of likely N-dealkylation sites (tertiary alicyclic amines) is 1. The molecule has 5 rings (SSSR count). The average Bonchev–Trinajstić information content (AvgIpc) is 3.21. The van der Waals surface area contributed by atoms with Gasteiger partial charge in [-0.1, -0.05) is 13.3 Å². The number of benzene rings is 2. The van der Waals surface area contributed by atoms with Crippen molar-refractivity contribution < 1.29 is 32.2 Å². The van der Waals surface area contributed by atoms with Crippen molar-refractivity contribution in [3.63, 3.8) is 0 Å². The van der Waals surface area contributed by atoms with Crippen molar-refractivity contribution in [2.45, 2.75) is 63.6 Å². The van der Waals surface area contributed by atoms with Crippen LogP contribution in [0.4, 0.5) is 22.0 Å². The largest absolute Gasteiger partial charge is 0.390 e. The van der Waals surface area contributed by atoms with E-state index < -0.39 is 59.8 Å². The smallest absolute Gasteiger partial charge is 0.283 e. The fraction of sp³-hybridized carbons (Fsp3) is 0.533. The molecule has 5 nitrogen and oxygen atoms in total. The predicted octanol–water partition coefficient (Wildman–Crippen LogP) is 5.49. The molecule has 3 aromatic rings. The summed E-state index contributed by atoms with van der Waals surface area (Å²) in [6.07, 6.45) is 2.31. The van der Waals surface area contributed by atoms with E-state index in [9.17, 15) is 23.4 Å². The van der Waals surface area contributed by atoms with Crippen LogP contribution < -0.4 is 0 Å². The van der Waals surface area contributed by atoms with Gasteiger partial charge in [0, 0.05) is 47.2 Å². The molecule has 0 unspecified atom stereocenters. The highest BCUT2D eigenvalue weighted by molar-refractivity contribution is 5.85. The maximum atomic E-state index is 16.0. The Morgan fingerprint density at radius 3 is 2.38 bits per heavy atom. The second-order valence-electron chi connectivity index (χ2n) is 11.7. The molecule has 3 N–H and O–H groups in total. The lowest BCUT2D eigenvalue weighted by atomic mass is 9.77. The number of hydrogen-bond acceptors (Lipinski definition) is 4. The van der Waals surface area contributed by atoms with Crippen molar-refractivity contribution in [3.05, 3.63) is 70.2 Å². The number of aliphatic hydroxyl groups is 2. The molecule has 0 radical (unpaired) electrons. The number of fused-ring (bicyclic) bond motifs is 3. The fourth-order valence-corrected chi connectivity index (χ4v) is 6.26. The minimum atomic E-state index is -3.52. The van der Waals surface area contributed by atoms with Crippen LogP contribution >= 0.6 is 0 Å². The molecule has 0 spiro atoms. The highest BCUT2D eigenvalue weighted by Crippen LogP contribution is 2.45. The van der Waals surface area contributed by atoms with E-state index in [1.54, 1.807) is 13.8 Å². The first-order chi connectivity index (χ1) is 18.9. The van der Waals surface area contributed by atoms with E-state index in [2.05, 4.69) is 16.8 Å². The van der Waals surface area contributed by atoms with Gasteiger partial charge in [-0.2, -0.15) is 0 Å². The molecule has 3 heterocycles. The Bertz CT molecular complexity index is 1360. The molecule has 2 aliphatic rings. The van der Waals surface area contributed by atoms with E-state index in [1.165, 1.54) is 23.1 Å². The van der Waals surface area contributed by atoms with Gasteiger partial charge < -0.3 is 20.1 Å². The molecule has 0 bridgehead atoms. The third kappa shape index (κ3) is 5.15. The summed E-state index contributed by atoms with van der Waals surface area (Å²) in [5, 5.41) is 21.1. The van der Waals surface area contributed by atoms with Crippen molar-refractivity contribution in [2.75, 3.05) is 32.8 Å². The van der Waals surface area contributed by atoms with E-state index in [1.807, 2.05) is 0 Å². The Kier molecular flexibility index (Phi) is 7.76. The van der Waals surface area contributed by atoms with Gasteiger partial charge in [0.1, 0.15) is 24.1 Å². The molecule has 0 aliphatic carbocycles. The molecule has 2 aromatic carbocycles. The van der Waals surface area contributed by atoms with Crippen LogP contribution in [0, 0.1) is 23.4 Å². The fourth-order valence-electron chi connectivity index (χ4n) is 6.26. The molecule has 0 amide bonds. The van der Waals surface area contributed by atoms with Gasteiger partial charge in [0.25, 0.3) is 5.92 Å². The predicted molar refractivity (Wildman–Crippen MR) is 143 cm³/mol. The van der Waals surface area contributed by atoms with Crippen molar-refractivity contribution in [1.82, 2.24) is 14.8 Å². The molecular weight excluding hydrogens is 529 g/mol. The van der Waals surface area contributed by atoms with Gasteiger partial charge in [-0.15, -0.1) is 0 Å². The van der Waals surface area contributed by atoms with E-state index >= 15 is 8.78 Å². The molecular formula is C30H36F5N3O2. The normalized spacial score (nSPS) is 22.4. The third-order valence-electron chi connectivity index (χ3n) is 8.73. The van der Waals surface area contributed by atoms with Crippen LogP contribution in [0.25, 0.3) is 10.9 Å². The first-order valence-electron chi connectivity index (χ1n) is 13.8. The number of unbranched alkanes of at least 4 members (excludes halogenated alkanes) is 1. The zero-order valence-corrected chi connectivity index (χ0v) is 23.0. The van der Waals surface area contributed by atoms with Gasteiger partial charge in [-0.25, -0.2) is 22.0 Å². The van der Waals surface area contributed by atoms with Crippen LogP contribution in [-0.2, 0) is 12.0 Å². The Labute approximate surface area is 230 Å². The lowest BCUT2D eigenvalue weighted by Crippen LogP contribution is -2.55. The summed E-state index contributed by atoms with van der Waals surface area (Å²) in [7, 11) is 0. The molecule has 1 saturated heterocycles. The topological polar surface area (TPSA) is 62.7 Å². The number of nitrogens with one attached hydrogen (secondary N) is 1. The number of nitrogens with zero attached hydrogens (tertiary/aromatic N) is 2. The molecule has 0 saturated carbocycles. The quantitative estimate of drug-likeness (QED) is 0.301. The summed E-state index contributed by atoms with van der Waals surface area (Å²) in [4.78, 5) is 6.57. The first kappa shape index (κ1) is 29.0. The average molecular weight is 566 g/mol. The molecule has 40 heavy (non-hydrogen) atoms. The number of rotatable bonds is 9. The summed E-state index contributed by atoms with van der Waals surface area (Å²) in [5.41, 5.74) is -0.414. The van der Waals surface area contributed by atoms with Crippen molar-refractivity contribution in [2.24, 2.45) is 5.92 Å². The van der Waals surface area contributed by atoms with Crippen molar-refractivity contribution in [1.29, 1.82) is 0 Å². The van der Waals surface area contributed by atoms with Gasteiger partial charge in [0.2, 0.25) is 0 Å². The molecule has 2 aliphatic heterocycles. The van der Waals surface area contributed by atoms with Gasteiger partial charge in [0.05, 0.1) is 18.2 Å². The Balaban J connectivity index is 1.57. The van der Waals surface area contributed by atoms with Crippen LogP contribution in [0.15, 0.2) is 30.3 Å². The number of aromatic amines is 1. The number of aromatic nitrogens is 1. The van der Waals surface area contributed by atoms with Crippen molar-refractivity contribution in [3.8, 4) is 0 Å². The monoisotopic (exact) mass is 565 g/mol. The highest BCUT2D eigenvalue weighted by Gasteiger charge is 2.45. The molecule has 1 aromatic heterocycles. The number of aliphatic hydroxyl groups excluding tert-OH is 1. The zero-order chi connectivity index (χ0) is 29.0. The van der Waals surface area contributed by atoms with Crippen LogP contribution in [-0.4, -0.2) is 69.7 Å². The summed E-state index contributed by atoms with van der Waals surface area (Å²) in [6, 6.07) is 4.37. The van der Waals surface area contributed by atoms with E-state index in [4.69, 9.17) is 0 Å². The van der Waals surface area contributed by atoms with Crippen LogP contribution in [0.5, 0.6) is 0 Å². The number of alkyl halides is 2. The molecule has 3 atom stereocenters. The minimum absolute atomic E-state index is 0.0847. The first-order valence-corrected chi connectivity index (χ1v) is 13.8. The van der Waals surface area contributed by atoms with E-state index in [-0.39, 0.29) is 17.9 Å². The Morgan fingerprint density at radius 1 is 1.07 bits per heavy atom. The molecule has 218 valence electrons.